The van der Waals surface area contributed by atoms with E-state index >= 15 is 0 Å². The largest absolute Gasteiger partial charge is 0.354 e. The number of thiophene rings is 1. The molecule has 5 nitrogen and oxygen atoms in total. The summed E-state index contributed by atoms with van der Waals surface area (Å²) in [6.07, 6.45) is 7.04. The molecule has 22 heavy (non-hydrogen) atoms. The zero-order valence-electron chi connectivity index (χ0n) is 12.8. The molecule has 3 heterocycles. The molecule has 1 amide bonds. The molecule has 116 valence electrons. The minimum absolute atomic E-state index is 0.132. The van der Waals surface area contributed by atoms with Crippen LogP contribution in [-0.2, 0) is 17.6 Å². The Bertz CT molecular complexity index is 726. The summed E-state index contributed by atoms with van der Waals surface area (Å²) in [4.78, 5) is 25.7. The van der Waals surface area contributed by atoms with Crippen LogP contribution < -0.4 is 10.2 Å². The Morgan fingerprint density at radius 2 is 2.18 bits per heavy atom. The van der Waals surface area contributed by atoms with Crippen LogP contribution in [-0.4, -0.2) is 35.0 Å². The van der Waals surface area contributed by atoms with Gasteiger partial charge >= 0.3 is 0 Å². The van der Waals surface area contributed by atoms with E-state index in [2.05, 4.69) is 27.1 Å². The third-order valence-corrected chi connectivity index (χ3v) is 5.89. The topological polar surface area (TPSA) is 58.1 Å². The van der Waals surface area contributed by atoms with Crippen molar-refractivity contribution in [3.63, 3.8) is 0 Å². The van der Waals surface area contributed by atoms with Crippen LogP contribution in [0.1, 0.15) is 36.6 Å². The van der Waals surface area contributed by atoms with Gasteiger partial charge in [-0.2, -0.15) is 0 Å². The van der Waals surface area contributed by atoms with Crippen LogP contribution in [0.25, 0.3) is 10.2 Å². The second-order valence-corrected chi connectivity index (χ2v) is 7.27. The third-order valence-electron chi connectivity index (χ3n) is 4.69. The van der Waals surface area contributed by atoms with Gasteiger partial charge in [-0.25, -0.2) is 9.97 Å². The molecular weight excluding hydrogens is 296 g/mol. The number of fused-ring (bicyclic) bond motifs is 3. The number of nitrogens with one attached hydrogen (secondary N) is 1. The van der Waals surface area contributed by atoms with Gasteiger partial charge in [0, 0.05) is 30.4 Å². The number of rotatable bonds is 1. The lowest BCUT2D eigenvalue weighted by Gasteiger charge is -2.28. The van der Waals surface area contributed by atoms with Crippen molar-refractivity contribution in [2.75, 3.05) is 18.0 Å². The highest BCUT2D eigenvalue weighted by molar-refractivity contribution is 7.19. The molecule has 1 aliphatic carbocycles. The van der Waals surface area contributed by atoms with E-state index in [1.54, 1.807) is 6.33 Å². The Morgan fingerprint density at radius 3 is 3.09 bits per heavy atom. The molecule has 0 aromatic carbocycles. The Hall–Kier alpha value is -1.69. The minimum atomic E-state index is 0.132. The Labute approximate surface area is 133 Å². The Morgan fingerprint density at radius 1 is 1.32 bits per heavy atom. The number of hydrogen-bond acceptors (Lipinski definition) is 5. The predicted octanol–water partition coefficient (Wildman–Crippen LogP) is 2.28. The quantitative estimate of drug-likeness (QED) is 0.877. The second-order valence-electron chi connectivity index (χ2n) is 6.18. The first-order valence-electron chi connectivity index (χ1n) is 8.02. The third kappa shape index (κ3) is 2.26. The fraction of sp³-hybridized carbons (Fsp3) is 0.562. The normalized spacial score (nSPS) is 22.3. The lowest BCUT2D eigenvalue weighted by atomic mass is 9.96. The smallest absolute Gasteiger partial charge is 0.222 e. The van der Waals surface area contributed by atoms with Crippen molar-refractivity contribution in [1.82, 2.24) is 15.3 Å². The zero-order valence-corrected chi connectivity index (χ0v) is 13.6. The molecule has 1 unspecified atom stereocenters. The predicted molar refractivity (Wildman–Crippen MR) is 88.5 cm³/mol. The van der Waals surface area contributed by atoms with Gasteiger partial charge in [0.25, 0.3) is 0 Å². The Balaban J connectivity index is 1.84. The number of aryl methyl sites for hydroxylation is 2. The highest BCUT2D eigenvalue weighted by atomic mass is 32.1. The number of carbonyl (C=O) groups is 1. The van der Waals surface area contributed by atoms with Gasteiger partial charge in [0.15, 0.2) is 0 Å². The summed E-state index contributed by atoms with van der Waals surface area (Å²) in [7, 11) is 0. The van der Waals surface area contributed by atoms with E-state index in [1.807, 2.05) is 11.3 Å². The second kappa shape index (κ2) is 5.50. The molecule has 0 spiro atoms. The molecule has 1 N–H and O–H groups in total. The first-order chi connectivity index (χ1) is 10.7. The summed E-state index contributed by atoms with van der Waals surface area (Å²) in [5, 5.41) is 4.20. The van der Waals surface area contributed by atoms with Crippen molar-refractivity contribution >= 4 is 33.3 Å². The molecule has 1 fully saturated rings. The first-order valence-corrected chi connectivity index (χ1v) is 8.84. The monoisotopic (exact) mass is 316 g/mol. The average Bonchev–Trinajstić information content (AvgIpc) is 2.81. The number of carbonyl (C=O) groups excluding carboxylic acids is 1. The van der Waals surface area contributed by atoms with Crippen LogP contribution >= 0.6 is 11.3 Å². The molecule has 4 rings (SSSR count). The highest BCUT2D eigenvalue weighted by Crippen LogP contribution is 2.39. The lowest BCUT2D eigenvalue weighted by Crippen LogP contribution is -2.35. The number of anilines is 1. The van der Waals surface area contributed by atoms with Gasteiger partial charge in [-0.3, -0.25) is 4.79 Å². The number of hydrogen-bond donors (Lipinski definition) is 1. The molecule has 0 saturated carbocycles. The average molecular weight is 316 g/mol. The van der Waals surface area contributed by atoms with Gasteiger partial charge in [-0.15, -0.1) is 11.3 Å². The standard InChI is InChI=1S/C16H20N4OS/c1-10-8-13(21)17-6-7-20(10)15-14-11-4-2-3-5-12(11)22-16(14)19-9-18-15/h9-10H,2-8H2,1H3,(H,17,21). The molecule has 1 saturated heterocycles. The van der Waals surface area contributed by atoms with E-state index in [-0.39, 0.29) is 11.9 Å². The zero-order chi connectivity index (χ0) is 15.1. The van der Waals surface area contributed by atoms with E-state index in [0.29, 0.717) is 13.0 Å². The van der Waals surface area contributed by atoms with Crippen LogP contribution in [0.5, 0.6) is 0 Å². The fourth-order valence-corrected chi connectivity index (χ4v) is 4.82. The van der Waals surface area contributed by atoms with E-state index in [4.69, 9.17) is 0 Å². The number of nitrogens with zero attached hydrogens (tertiary/aromatic N) is 3. The van der Waals surface area contributed by atoms with Gasteiger partial charge in [-0.05, 0) is 38.2 Å². The van der Waals surface area contributed by atoms with Crippen molar-refractivity contribution in [1.29, 1.82) is 0 Å². The van der Waals surface area contributed by atoms with Gasteiger partial charge in [0.05, 0.1) is 5.39 Å². The highest BCUT2D eigenvalue weighted by Gasteiger charge is 2.27. The van der Waals surface area contributed by atoms with Crippen molar-refractivity contribution < 1.29 is 4.79 Å². The summed E-state index contributed by atoms with van der Waals surface area (Å²) in [5.41, 5.74) is 1.46. The lowest BCUT2D eigenvalue weighted by molar-refractivity contribution is -0.120. The summed E-state index contributed by atoms with van der Waals surface area (Å²) >= 11 is 1.82. The van der Waals surface area contributed by atoms with E-state index in [9.17, 15) is 4.79 Å². The van der Waals surface area contributed by atoms with Crippen LogP contribution in [0, 0.1) is 0 Å². The molecule has 1 aliphatic heterocycles. The van der Waals surface area contributed by atoms with E-state index < -0.39 is 0 Å². The molecular formula is C16H20N4OS. The maximum atomic E-state index is 11.7. The van der Waals surface area contributed by atoms with Gasteiger partial charge in [0.1, 0.15) is 17.0 Å². The van der Waals surface area contributed by atoms with Crippen LogP contribution in [0.3, 0.4) is 0 Å². The van der Waals surface area contributed by atoms with Gasteiger partial charge < -0.3 is 10.2 Å². The molecule has 0 radical (unpaired) electrons. The molecule has 0 bridgehead atoms. The first kappa shape index (κ1) is 13.9. The van der Waals surface area contributed by atoms with Gasteiger partial charge in [-0.1, -0.05) is 0 Å². The van der Waals surface area contributed by atoms with Crippen LogP contribution in [0.15, 0.2) is 6.33 Å². The Kier molecular flexibility index (Phi) is 3.48. The van der Waals surface area contributed by atoms with Crippen molar-refractivity contribution in [3.8, 4) is 0 Å². The molecule has 6 heteroatoms. The summed E-state index contributed by atoms with van der Waals surface area (Å²) < 4.78 is 0. The minimum Gasteiger partial charge on any atom is -0.354 e. The van der Waals surface area contributed by atoms with Crippen LogP contribution in [0.4, 0.5) is 5.82 Å². The van der Waals surface area contributed by atoms with Crippen molar-refractivity contribution in [2.45, 2.75) is 45.1 Å². The SMILES string of the molecule is CC1CC(=O)NCCN1c1ncnc2sc3c(c12)CCCC3. The van der Waals surface area contributed by atoms with Crippen molar-refractivity contribution in [2.24, 2.45) is 0 Å². The van der Waals surface area contributed by atoms with Crippen LogP contribution in [0.2, 0.25) is 0 Å². The molecule has 2 aliphatic rings. The van der Waals surface area contributed by atoms with E-state index in [1.165, 1.54) is 35.1 Å². The molecule has 1 atom stereocenters. The van der Waals surface area contributed by atoms with Crippen molar-refractivity contribution in [3.05, 3.63) is 16.8 Å². The number of amides is 1. The molecule has 2 aromatic heterocycles. The summed E-state index contributed by atoms with van der Waals surface area (Å²) in [5.74, 6) is 1.15. The maximum absolute atomic E-state index is 11.7. The molecule has 2 aromatic rings. The van der Waals surface area contributed by atoms with E-state index in [0.717, 1.165) is 23.6 Å². The number of aromatic nitrogens is 2. The summed E-state index contributed by atoms with van der Waals surface area (Å²) in [6.45, 7) is 3.60. The fourth-order valence-electron chi connectivity index (χ4n) is 3.59. The van der Waals surface area contributed by atoms with Gasteiger partial charge in [0.2, 0.25) is 5.91 Å². The summed E-state index contributed by atoms with van der Waals surface area (Å²) in [6, 6.07) is 0.166. The maximum Gasteiger partial charge on any atom is 0.222 e.